The molecular weight excluding hydrogens is 409 g/mol. The van der Waals surface area contributed by atoms with Crippen LogP contribution in [0.25, 0.3) is 10.6 Å². The number of nitrogens with zero attached hydrogens (tertiary/aromatic N) is 2. The number of halogens is 3. The van der Waals surface area contributed by atoms with E-state index < -0.39 is 28.5 Å². The first-order chi connectivity index (χ1) is 13.3. The molecule has 0 saturated heterocycles. The summed E-state index contributed by atoms with van der Waals surface area (Å²) in [6, 6.07) is 13.7. The summed E-state index contributed by atoms with van der Waals surface area (Å²) in [5.41, 5.74) is -1.38. The van der Waals surface area contributed by atoms with Crippen LogP contribution in [-0.2, 0) is 11.0 Å². The van der Waals surface area contributed by atoms with E-state index in [1.807, 2.05) is 0 Å². The average molecular weight is 420 g/mol. The molecule has 1 N–H and O–H groups in total. The average Bonchev–Trinajstić information content (AvgIpc) is 3.20. The molecule has 0 spiro atoms. The van der Waals surface area contributed by atoms with E-state index in [2.05, 4.69) is 4.98 Å². The molecule has 1 atom stereocenters. The zero-order chi connectivity index (χ0) is 20.3. The van der Waals surface area contributed by atoms with Crippen LogP contribution in [0.3, 0.4) is 0 Å². The fraction of sp³-hybridized carbons (Fsp3) is 0.105. The predicted molar refractivity (Wildman–Crippen MR) is 99.9 cm³/mol. The van der Waals surface area contributed by atoms with Crippen molar-refractivity contribution in [3.8, 4) is 16.6 Å². The van der Waals surface area contributed by atoms with Crippen LogP contribution in [0.4, 0.5) is 13.2 Å². The van der Waals surface area contributed by atoms with E-state index in [4.69, 9.17) is 0 Å². The number of aromatic nitrogens is 1. The highest BCUT2D eigenvalue weighted by molar-refractivity contribution is 8.00. The second-order valence-corrected chi connectivity index (χ2v) is 7.61. The molecule has 9 heteroatoms. The summed E-state index contributed by atoms with van der Waals surface area (Å²) in [6.07, 6.45) is -4.78. The van der Waals surface area contributed by atoms with Crippen molar-refractivity contribution in [2.24, 2.45) is 0 Å². The molecule has 0 fully saturated rings. The van der Waals surface area contributed by atoms with Crippen LogP contribution in [0.5, 0.6) is 0 Å². The van der Waals surface area contributed by atoms with Crippen molar-refractivity contribution in [3.05, 3.63) is 70.6 Å². The molecule has 0 aliphatic carbocycles. The molecule has 1 aromatic carbocycles. The van der Waals surface area contributed by atoms with Gasteiger partial charge >= 0.3 is 12.1 Å². The van der Waals surface area contributed by atoms with Crippen LogP contribution in [-0.4, -0.2) is 16.1 Å². The number of alkyl halides is 3. The van der Waals surface area contributed by atoms with Gasteiger partial charge in [0, 0.05) is 0 Å². The van der Waals surface area contributed by atoms with Gasteiger partial charge < -0.3 is 5.11 Å². The standard InChI is InChI=1S/C19H11F3N2O2S2/c20-19(21,22)13-9-14(15-7-4-8-27-15)24-17(12(13)10-23)28-16(18(25)26)11-5-2-1-3-6-11/h1-9,16H,(H,25,26)/t16-/m0/s1. The lowest BCUT2D eigenvalue weighted by atomic mass is 10.1. The Bertz CT molecular complexity index is 1030. The topological polar surface area (TPSA) is 74.0 Å². The normalized spacial score (nSPS) is 12.4. The molecule has 0 aliphatic rings. The number of benzene rings is 1. The largest absolute Gasteiger partial charge is 0.480 e. The zero-order valence-electron chi connectivity index (χ0n) is 14.0. The molecular formula is C19H11F3N2O2S2. The number of aliphatic carboxylic acids is 1. The quantitative estimate of drug-likeness (QED) is 0.543. The molecule has 3 rings (SSSR count). The van der Waals surface area contributed by atoms with Gasteiger partial charge in [-0.3, -0.25) is 4.79 Å². The van der Waals surface area contributed by atoms with Crippen molar-refractivity contribution in [3.63, 3.8) is 0 Å². The smallest absolute Gasteiger partial charge is 0.417 e. The maximum atomic E-state index is 13.6. The number of thioether (sulfide) groups is 1. The molecule has 0 bridgehead atoms. The second kappa shape index (κ2) is 8.04. The molecule has 0 aliphatic heterocycles. The van der Waals surface area contributed by atoms with E-state index in [1.165, 1.54) is 11.3 Å². The molecule has 3 aromatic rings. The number of hydrogen-bond donors (Lipinski definition) is 1. The molecule has 28 heavy (non-hydrogen) atoms. The van der Waals surface area contributed by atoms with E-state index in [0.29, 0.717) is 22.2 Å². The summed E-state index contributed by atoms with van der Waals surface area (Å²) in [4.78, 5) is 16.4. The van der Waals surface area contributed by atoms with Crippen molar-refractivity contribution in [2.75, 3.05) is 0 Å². The third kappa shape index (κ3) is 4.18. The minimum absolute atomic E-state index is 0.0426. The van der Waals surface area contributed by atoms with Crippen molar-refractivity contribution in [1.82, 2.24) is 4.98 Å². The molecule has 0 amide bonds. The maximum absolute atomic E-state index is 13.6. The first-order valence-electron chi connectivity index (χ1n) is 7.82. The van der Waals surface area contributed by atoms with E-state index >= 15 is 0 Å². The number of thiophene rings is 1. The Morgan fingerprint density at radius 1 is 1.21 bits per heavy atom. The van der Waals surface area contributed by atoms with Gasteiger partial charge in [0.1, 0.15) is 16.3 Å². The van der Waals surface area contributed by atoms with Gasteiger partial charge in [-0.05, 0) is 23.1 Å². The summed E-state index contributed by atoms with van der Waals surface area (Å²) in [5, 5.41) is 19.2. The number of carbonyl (C=O) groups is 1. The molecule has 142 valence electrons. The number of carboxylic acids is 1. The molecule has 4 nitrogen and oxygen atoms in total. The molecule has 2 aromatic heterocycles. The number of rotatable bonds is 5. The van der Waals surface area contributed by atoms with Crippen LogP contribution in [0.1, 0.15) is 21.9 Å². The van der Waals surface area contributed by atoms with Crippen LogP contribution in [0.2, 0.25) is 0 Å². The van der Waals surface area contributed by atoms with Gasteiger partial charge in [0.05, 0.1) is 21.7 Å². The Morgan fingerprint density at radius 3 is 2.46 bits per heavy atom. The molecule has 2 heterocycles. The number of carboxylic acid groups (broad SMARTS) is 1. The van der Waals surface area contributed by atoms with E-state index in [9.17, 15) is 28.3 Å². The van der Waals surface area contributed by atoms with Crippen LogP contribution in [0.15, 0.2) is 58.9 Å². The summed E-state index contributed by atoms with van der Waals surface area (Å²) in [6.45, 7) is 0. The highest BCUT2D eigenvalue weighted by atomic mass is 32.2. The summed E-state index contributed by atoms with van der Waals surface area (Å²) in [7, 11) is 0. The van der Waals surface area contributed by atoms with Crippen LogP contribution in [0, 0.1) is 11.3 Å². The Hall–Kier alpha value is -2.83. The summed E-state index contributed by atoms with van der Waals surface area (Å²) < 4.78 is 40.7. The minimum Gasteiger partial charge on any atom is -0.480 e. The molecule has 0 unspecified atom stereocenters. The third-order valence-corrected chi connectivity index (χ3v) is 5.85. The van der Waals surface area contributed by atoms with Gasteiger partial charge in [0.2, 0.25) is 0 Å². The van der Waals surface area contributed by atoms with E-state index in [-0.39, 0.29) is 10.7 Å². The summed E-state index contributed by atoms with van der Waals surface area (Å²) in [5.74, 6) is -1.24. The van der Waals surface area contributed by atoms with Gasteiger partial charge in [0.15, 0.2) is 0 Å². The van der Waals surface area contributed by atoms with E-state index in [1.54, 1.807) is 53.9 Å². The molecule has 0 radical (unpaired) electrons. The van der Waals surface area contributed by atoms with Crippen molar-refractivity contribution in [2.45, 2.75) is 16.5 Å². The SMILES string of the molecule is N#Cc1c(C(F)(F)F)cc(-c2cccs2)nc1S[C@H](C(=O)O)c1ccccc1. The first-order valence-corrected chi connectivity index (χ1v) is 9.58. The van der Waals surface area contributed by atoms with Gasteiger partial charge in [-0.15, -0.1) is 11.3 Å². The minimum atomic E-state index is -4.78. The highest BCUT2D eigenvalue weighted by Gasteiger charge is 2.37. The number of pyridine rings is 1. The molecule has 0 saturated carbocycles. The fourth-order valence-corrected chi connectivity index (χ4v) is 4.22. The fourth-order valence-electron chi connectivity index (χ4n) is 2.49. The predicted octanol–water partition coefficient (Wildman–Crippen LogP) is 5.62. The van der Waals surface area contributed by atoms with E-state index in [0.717, 1.165) is 6.07 Å². The maximum Gasteiger partial charge on any atom is 0.417 e. The first kappa shape index (κ1) is 19.9. The lowest BCUT2D eigenvalue weighted by Gasteiger charge is -2.16. The van der Waals surface area contributed by atoms with Crippen molar-refractivity contribution in [1.29, 1.82) is 5.26 Å². The van der Waals surface area contributed by atoms with Crippen LogP contribution < -0.4 is 0 Å². The third-order valence-electron chi connectivity index (χ3n) is 3.73. The van der Waals surface area contributed by atoms with Gasteiger partial charge in [0.25, 0.3) is 0 Å². The van der Waals surface area contributed by atoms with Crippen molar-refractivity contribution < 1.29 is 23.1 Å². The number of hydrogen-bond acceptors (Lipinski definition) is 5. The zero-order valence-corrected chi connectivity index (χ0v) is 15.6. The Labute approximate surface area is 166 Å². The number of nitriles is 1. The lowest BCUT2D eigenvalue weighted by Crippen LogP contribution is -2.12. The Kier molecular flexibility index (Phi) is 5.72. The van der Waals surface area contributed by atoms with Gasteiger partial charge in [-0.2, -0.15) is 18.4 Å². The Balaban J connectivity index is 2.17. The van der Waals surface area contributed by atoms with Crippen molar-refractivity contribution >= 4 is 29.1 Å². The van der Waals surface area contributed by atoms with Gasteiger partial charge in [-0.1, -0.05) is 48.2 Å². The Morgan fingerprint density at radius 2 is 1.93 bits per heavy atom. The van der Waals surface area contributed by atoms with Crippen LogP contribution >= 0.6 is 23.1 Å². The second-order valence-electron chi connectivity index (χ2n) is 5.57. The summed E-state index contributed by atoms with van der Waals surface area (Å²) >= 11 is 1.82. The lowest BCUT2D eigenvalue weighted by molar-refractivity contribution is -0.138. The van der Waals surface area contributed by atoms with Gasteiger partial charge in [-0.25, -0.2) is 4.98 Å². The monoisotopic (exact) mass is 420 g/mol. The highest BCUT2D eigenvalue weighted by Crippen LogP contribution is 2.42.